The van der Waals surface area contributed by atoms with Crippen LogP contribution in [0.25, 0.3) is 0 Å². The van der Waals surface area contributed by atoms with Crippen molar-refractivity contribution >= 4 is 5.91 Å². The van der Waals surface area contributed by atoms with E-state index in [0.29, 0.717) is 5.56 Å². The Bertz CT molecular complexity index is 301. The Morgan fingerprint density at radius 1 is 1.77 bits per heavy atom. The standard InChI is InChI=1S/C8H10N2O3/c1-13-10-8(12)7-6(5-11)3-2-4-9-7/h2-4,11H,5H2,1H3,(H,10,12). The highest BCUT2D eigenvalue weighted by atomic mass is 16.6. The Morgan fingerprint density at radius 2 is 2.54 bits per heavy atom. The largest absolute Gasteiger partial charge is 0.392 e. The molecule has 0 atom stereocenters. The van der Waals surface area contributed by atoms with Gasteiger partial charge in [0.2, 0.25) is 0 Å². The number of pyridine rings is 1. The van der Waals surface area contributed by atoms with Crippen molar-refractivity contribution in [2.24, 2.45) is 0 Å². The van der Waals surface area contributed by atoms with E-state index in [1.807, 2.05) is 0 Å². The fourth-order valence-electron chi connectivity index (χ4n) is 0.912. The first-order valence-electron chi connectivity index (χ1n) is 3.67. The molecule has 0 fully saturated rings. The molecule has 0 saturated heterocycles. The number of hydrogen-bond donors (Lipinski definition) is 2. The Morgan fingerprint density at radius 3 is 3.15 bits per heavy atom. The molecule has 0 aliphatic rings. The zero-order valence-corrected chi connectivity index (χ0v) is 7.15. The molecule has 0 saturated carbocycles. The van der Waals surface area contributed by atoms with Gasteiger partial charge < -0.3 is 5.11 Å². The minimum atomic E-state index is -0.466. The molecule has 13 heavy (non-hydrogen) atoms. The molecule has 0 aliphatic heterocycles. The molecule has 5 heteroatoms. The van der Waals surface area contributed by atoms with Crippen molar-refractivity contribution in [3.63, 3.8) is 0 Å². The summed E-state index contributed by atoms with van der Waals surface area (Å²) in [6.45, 7) is -0.222. The maximum atomic E-state index is 11.2. The smallest absolute Gasteiger partial charge is 0.293 e. The van der Waals surface area contributed by atoms with E-state index in [-0.39, 0.29) is 12.3 Å². The van der Waals surface area contributed by atoms with Crippen molar-refractivity contribution in [3.8, 4) is 0 Å². The maximum Gasteiger partial charge on any atom is 0.293 e. The minimum absolute atomic E-state index is 0.173. The van der Waals surface area contributed by atoms with Gasteiger partial charge in [-0.25, -0.2) is 5.48 Å². The van der Waals surface area contributed by atoms with Crippen LogP contribution in [0.5, 0.6) is 0 Å². The van der Waals surface area contributed by atoms with Gasteiger partial charge in [0.1, 0.15) is 5.69 Å². The van der Waals surface area contributed by atoms with Gasteiger partial charge in [0.25, 0.3) is 5.91 Å². The Kier molecular flexibility index (Phi) is 3.36. The number of rotatable bonds is 3. The van der Waals surface area contributed by atoms with Gasteiger partial charge >= 0.3 is 0 Å². The second-order valence-electron chi connectivity index (χ2n) is 2.30. The van der Waals surface area contributed by atoms with Crippen LogP contribution in [-0.4, -0.2) is 23.1 Å². The van der Waals surface area contributed by atoms with Crippen LogP contribution in [0.3, 0.4) is 0 Å². The van der Waals surface area contributed by atoms with Crippen LogP contribution in [0.15, 0.2) is 18.3 Å². The van der Waals surface area contributed by atoms with Crippen LogP contribution < -0.4 is 5.48 Å². The van der Waals surface area contributed by atoms with Crippen molar-refractivity contribution in [3.05, 3.63) is 29.6 Å². The first-order valence-corrected chi connectivity index (χ1v) is 3.67. The molecule has 1 aromatic rings. The lowest BCUT2D eigenvalue weighted by Gasteiger charge is -2.04. The van der Waals surface area contributed by atoms with Gasteiger partial charge in [0.05, 0.1) is 13.7 Å². The van der Waals surface area contributed by atoms with Gasteiger partial charge in [-0.2, -0.15) is 0 Å². The van der Waals surface area contributed by atoms with E-state index in [4.69, 9.17) is 5.11 Å². The van der Waals surface area contributed by atoms with Gasteiger partial charge in [-0.05, 0) is 6.07 Å². The average Bonchev–Trinajstić information content (AvgIpc) is 2.18. The molecule has 1 heterocycles. The van der Waals surface area contributed by atoms with Crippen molar-refractivity contribution in [1.29, 1.82) is 0 Å². The van der Waals surface area contributed by atoms with E-state index in [1.165, 1.54) is 13.3 Å². The summed E-state index contributed by atoms with van der Waals surface area (Å²) in [6, 6.07) is 3.27. The summed E-state index contributed by atoms with van der Waals surface area (Å²) in [5.41, 5.74) is 2.77. The third-order valence-corrected chi connectivity index (χ3v) is 1.47. The molecule has 0 radical (unpaired) electrons. The Hall–Kier alpha value is -1.46. The molecular weight excluding hydrogens is 172 g/mol. The van der Waals surface area contributed by atoms with Gasteiger partial charge in [0, 0.05) is 11.8 Å². The molecule has 1 aromatic heterocycles. The molecule has 0 bridgehead atoms. The fourth-order valence-corrected chi connectivity index (χ4v) is 0.912. The first-order chi connectivity index (χ1) is 6.29. The number of nitrogens with one attached hydrogen (secondary N) is 1. The SMILES string of the molecule is CONC(=O)c1ncccc1CO. The summed E-state index contributed by atoms with van der Waals surface area (Å²) in [7, 11) is 1.33. The summed E-state index contributed by atoms with van der Waals surface area (Å²) in [6.07, 6.45) is 1.48. The lowest BCUT2D eigenvalue weighted by molar-refractivity contribution is 0.0529. The highest BCUT2D eigenvalue weighted by Crippen LogP contribution is 2.04. The van der Waals surface area contributed by atoms with Crippen molar-refractivity contribution in [1.82, 2.24) is 10.5 Å². The number of carbonyl (C=O) groups excluding carboxylic acids is 1. The third kappa shape index (κ3) is 2.24. The van der Waals surface area contributed by atoms with Gasteiger partial charge in [-0.1, -0.05) is 6.07 Å². The highest BCUT2D eigenvalue weighted by Gasteiger charge is 2.10. The van der Waals surface area contributed by atoms with E-state index in [9.17, 15) is 4.79 Å². The monoisotopic (exact) mass is 182 g/mol. The predicted octanol–water partition coefficient (Wildman–Crippen LogP) is -0.135. The topological polar surface area (TPSA) is 71.5 Å². The lowest BCUT2D eigenvalue weighted by atomic mass is 10.2. The summed E-state index contributed by atoms with van der Waals surface area (Å²) in [4.78, 5) is 19.5. The average molecular weight is 182 g/mol. The van der Waals surface area contributed by atoms with Gasteiger partial charge in [0.15, 0.2) is 0 Å². The molecule has 1 rings (SSSR count). The quantitative estimate of drug-likeness (QED) is 0.638. The molecule has 0 aliphatic carbocycles. The van der Waals surface area contributed by atoms with E-state index >= 15 is 0 Å². The van der Waals surface area contributed by atoms with Crippen LogP contribution in [0, 0.1) is 0 Å². The normalized spacial score (nSPS) is 9.69. The van der Waals surface area contributed by atoms with Gasteiger partial charge in [-0.15, -0.1) is 0 Å². The zero-order chi connectivity index (χ0) is 9.68. The molecular formula is C8H10N2O3. The molecule has 70 valence electrons. The first kappa shape index (κ1) is 9.63. The molecule has 1 amide bonds. The molecule has 0 spiro atoms. The predicted molar refractivity (Wildman–Crippen MR) is 44.6 cm³/mol. The van der Waals surface area contributed by atoms with Crippen LogP contribution in [0.2, 0.25) is 0 Å². The second-order valence-corrected chi connectivity index (χ2v) is 2.30. The Labute approximate surface area is 75.3 Å². The van der Waals surface area contributed by atoms with Gasteiger partial charge in [-0.3, -0.25) is 14.6 Å². The van der Waals surface area contributed by atoms with Crippen molar-refractivity contribution in [2.45, 2.75) is 6.61 Å². The molecule has 2 N–H and O–H groups in total. The number of hydroxylamine groups is 1. The summed E-state index contributed by atoms with van der Waals surface area (Å²) >= 11 is 0. The number of aliphatic hydroxyl groups excluding tert-OH is 1. The number of aromatic nitrogens is 1. The number of amides is 1. The fraction of sp³-hybridized carbons (Fsp3) is 0.250. The lowest BCUT2D eigenvalue weighted by Crippen LogP contribution is -2.24. The molecule has 0 aromatic carbocycles. The van der Waals surface area contributed by atoms with Crippen LogP contribution in [0.4, 0.5) is 0 Å². The summed E-state index contributed by atoms with van der Waals surface area (Å²) in [5.74, 6) is -0.466. The summed E-state index contributed by atoms with van der Waals surface area (Å²) < 4.78 is 0. The number of aliphatic hydroxyl groups is 1. The van der Waals surface area contributed by atoms with Crippen LogP contribution in [-0.2, 0) is 11.4 Å². The maximum absolute atomic E-state index is 11.2. The summed E-state index contributed by atoms with van der Waals surface area (Å²) in [5, 5.41) is 8.87. The van der Waals surface area contributed by atoms with Crippen molar-refractivity contribution < 1.29 is 14.7 Å². The highest BCUT2D eigenvalue weighted by molar-refractivity contribution is 5.92. The van der Waals surface area contributed by atoms with Crippen LogP contribution >= 0.6 is 0 Å². The van der Waals surface area contributed by atoms with E-state index in [2.05, 4.69) is 15.3 Å². The minimum Gasteiger partial charge on any atom is -0.392 e. The van der Waals surface area contributed by atoms with E-state index < -0.39 is 5.91 Å². The molecule has 0 unspecified atom stereocenters. The van der Waals surface area contributed by atoms with Crippen molar-refractivity contribution in [2.75, 3.05) is 7.11 Å². The van der Waals surface area contributed by atoms with E-state index in [0.717, 1.165) is 0 Å². The number of nitrogens with zero attached hydrogens (tertiary/aromatic N) is 1. The van der Waals surface area contributed by atoms with Crippen LogP contribution in [0.1, 0.15) is 16.1 Å². The molecule has 5 nitrogen and oxygen atoms in total. The number of hydrogen-bond acceptors (Lipinski definition) is 4. The number of carbonyl (C=O) groups is 1. The van der Waals surface area contributed by atoms with E-state index in [1.54, 1.807) is 12.1 Å². The zero-order valence-electron chi connectivity index (χ0n) is 7.15. The Balaban J connectivity index is 2.92. The second kappa shape index (κ2) is 4.54. The third-order valence-electron chi connectivity index (χ3n) is 1.47.